The van der Waals surface area contributed by atoms with E-state index < -0.39 is 21.0 Å². The van der Waals surface area contributed by atoms with Crippen molar-refractivity contribution in [3.8, 4) is 5.88 Å². The Bertz CT molecular complexity index is 1540. The number of cyclic esters (lactones) is 1. The zero-order valence-electron chi connectivity index (χ0n) is 24.2. The predicted octanol–water partition coefficient (Wildman–Crippen LogP) is 5.00. The molecule has 3 atom stereocenters. The lowest BCUT2D eigenvalue weighted by molar-refractivity contribution is -0.0189. The van der Waals surface area contributed by atoms with Gasteiger partial charge in [0, 0.05) is 29.6 Å². The molecule has 0 saturated heterocycles. The molecule has 1 aliphatic heterocycles. The van der Waals surface area contributed by atoms with Gasteiger partial charge in [-0.3, -0.25) is 0 Å². The van der Waals surface area contributed by atoms with E-state index >= 15 is 0 Å². The highest BCUT2D eigenvalue weighted by Gasteiger charge is 2.40. The highest BCUT2D eigenvalue weighted by atomic mass is 32.2. The summed E-state index contributed by atoms with van der Waals surface area (Å²) in [7, 11) is -3.10. The molecule has 10 nitrogen and oxygen atoms in total. The van der Waals surface area contributed by atoms with Crippen LogP contribution in [-0.4, -0.2) is 52.5 Å². The summed E-state index contributed by atoms with van der Waals surface area (Å²) in [5.41, 5.74) is 7.29. The van der Waals surface area contributed by atoms with Crippen LogP contribution < -0.4 is 15.8 Å². The molecule has 3 N–H and O–H groups in total. The van der Waals surface area contributed by atoms with Gasteiger partial charge >= 0.3 is 5.97 Å². The third-order valence-electron chi connectivity index (χ3n) is 7.88. The average molecular weight is 570 g/mol. The van der Waals surface area contributed by atoms with Crippen LogP contribution in [-0.2, 0) is 20.1 Å². The van der Waals surface area contributed by atoms with Gasteiger partial charge < -0.3 is 20.5 Å². The van der Waals surface area contributed by atoms with Gasteiger partial charge in [-0.2, -0.15) is 0 Å². The minimum absolute atomic E-state index is 0.0466. The fraction of sp³-hybridized carbons (Fsp3) is 0.517. The third-order valence-corrected chi connectivity index (χ3v) is 9.62. The van der Waals surface area contributed by atoms with E-state index in [1.807, 2.05) is 47.6 Å². The quantitative estimate of drug-likeness (QED) is 0.320. The zero-order chi connectivity index (χ0) is 29.5. The number of esters is 1. The number of fused-ring (bicyclic) bond motifs is 2. The largest absolute Gasteiger partial charge is 0.474 e. The van der Waals surface area contributed by atoms with E-state index in [4.69, 9.17) is 20.2 Å². The topological polar surface area (TPSA) is 146 Å². The van der Waals surface area contributed by atoms with Gasteiger partial charge in [0.25, 0.3) is 0 Å². The standard InChI is InChI=1S/C29H39N5O5S/c1-8-29(7,30)22-16-32-26(38-17(3)12-13-40(36,37)9-2)21-15-31-24(14-20(21)22)33-23-11-10-19-25(34-23)18(4)28(5,6)39-27(19)35/h10-11,14-18H,8-9,12-13,30H2,1-7H3,(H,31,33,34)/t17-,18+,29+/m0/s1. The molecule has 11 heteroatoms. The summed E-state index contributed by atoms with van der Waals surface area (Å²) in [6, 6.07) is 5.33. The van der Waals surface area contributed by atoms with Crippen LogP contribution in [0.4, 0.5) is 11.6 Å². The lowest BCUT2D eigenvalue weighted by Crippen LogP contribution is -2.39. The molecule has 1 aliphatic rings. The first-order valence-corrected chi connectivity index (χ1v) is 15.5. The zero-order valence-corrected chi connectivity index (χ0v) is 25.1. The summed E-state index contributed by atoms with van der Waals surface area (Å²) in [5, 5.41) is 4.76. The van der Waals surface area contributed by atoms with Gasteiger partial charge in [0.1, 0.15) is 27.1 Å². The summed E-state index contributed by atoms with van der Waals surface area (Å²) >= 11 is 0. The number of aromatic nitrogens is 3. The number of hydrogen-bond acceptors (Lipinski definition) is 10. The second-order valence-corrected chi connectivity index (χ2v) is 13.8. The highest BCUT2D eigenvalue weighted by molar-refractivity contribution is 7.91. The molecule has 4 rings (SSSR count). The Morgan fingerprint density at radius 3 is 2.58 bits per heavy atom. The van der Waals surface area contributed by atoms with Gasteiger partial charge in [-0.1, -0.05) is 20.8 Å². The fourth-order valence-electron chi connectivity index (χ4n) is 4.55. The SMILES string of the molecule is CC[C@@](C)(N)c1cnc(O[C@@H](C)CCS(=O)(=O)CC)c2cnc(Nc3ccc4c(n3)[C@@H](C)C(C)(C)OC4=O)cc12. The van der Waals surface area contributed by atoms with Gasteiger partial charge in [0.2, 0.25) is 5.88 Å². The van der Waals surface area contributed by atoms with Crippen molar-refractivity contribution in [2.45, 2.75) is 84.5 Å². The van der Waals surface area contributed by atoms with Crippen LogP contribution in [0, 0.1) is 0 Å². The molecule has 0 aliphatic carbocycles. The Labute approximate surface area is 236 Å². The molecule has 40 heavy (non-hydrogen) atoms. The van der Waals surface area contributed by atoms with Crippen LogP contribution in [0.2, 0.25) is 0 Å². The van der Waals surface area contributed by atoms with Crippen molar-refractivity contribution in [3.05, 3.63) is 47.4 Å². The van der Waals surface area contributed by atoms with Crippen molar-refractivity contribution in [1.82, 2.24) is 15.0 Å². The van der Waals surface area contributed by atoms with Gasteiger partial charge in [0.15, 0.2) is 0 Å². The first kappa shape index (κ1) is 29.7. The van der Waals surface area contributed by atoms with E-state index in [0.717, 1.165) is 10.9 Å². The lowest BCUT2D eigenvalue weighted by atomic mass is 9.84. The molecule has 0 aromatic carbocycles. The normalized spacial score (nSPS) is 18.9. The summed E-state index contributed by atoms with van der Waals surface area (Å²) in [4.78, 5) is 26.4. The number of nitrogens with two attached hydrogens (primary N) is 1. The molecule has 0 spiro atoms. The number of nitrogens with zero attached hydrogens (tertiary/aromatic N) is 3. The number of nitrogens with one attached hydrogen (secondary N) is 1. The minimum Gasteiger partial charge on any atom is -0.474 e. The number of carbonyl (C=O) groups excluding carboxylic acids is 1. The molecule has 0 unspecified atom stereocenters. The molecule has 3 aromatic heterocycles. The maximum Gasteiger partial charge on any atom is 0.340 e. The molecule has 216 valence electrons. The molecular formula is C29H39N5O5S. The van der Waals surface area contributed by atoms with Crippen molar-refractivity contribution in [3.63, 3.8) is 0 Å². The minimum atomic E-state index is -3.10. The fourth-order valence-corrected chi connectivity index (χ4v) is 5.53. The summed E-state index contributed by atoms with van der Waals surface area (Å²) in [6.45, 7) is 13.2. The van der Waals surface area contributed by atoms with Crippen molar-refractivity contribution < 1.29 is 22.7 Å². The maximum absolute atomic E-state index is 12.5. The van der Waals surface area contributed by atoms with E-state index in [1.54, 1.807) is 31.5 Å². The Kier molecular flexibility index (Phi) is 8.11. The van der Waals surface area contributed by atoms with Gasteiger partial charge in [-0.15, -0.1) is 0 Å². The van der Waals surface area contributed by atoms with E-state index in [1.165, 1.54) is 0 Å². The van der Waals surface area contributed by atoms with Gasteiger partial charge in [0.05, 0.1) is 28.5 Å². The van der Waals surface area contributed by atoms with Crippen LogP contribution >= 0.6 is 0 Å². The van der Waals surface area contributed by atoms with Gasteiger partial charge in [-0.25, -0.2) is 28.2 Å². The Morgan fingerprint density at radius 2 is 1.90 bits per heavy atom. The third kappa shape index (κ3) is 6.05. The number of rotatable bonds is 10. The molecule has 4 heterocycles. The second-order valence-electron chi connectivity index (χ2n) is 11.3. The number of carbonyl (C=O) groups is 1. The molecule has 0 amide bonds. The lowest BCUT2D eigenvalue weighted by Gasteiger charge is -2.36. The molecule has 0 bridgehead atoms. The number of sulfone groups is 1. The van der Waals surface area contributed by atoms with Crippen LogP contribution in [0.5, 0.6) is 5.88 Å². The summed E-state index contributed by atoms with van der Waals surface area (Å²) in [5.74, 6) is 1.12. The van der Waals surface area contributed by atoms with Crippen molar-refractivity contribution in [2.24, 2.45) is 5.73 Å². The first-order valence-electron chi connectivity index (χ1n) is 13.6. The Morgan fingerprint density at radius 1 is 1.18 bits per heavy atom. The molecular weight excluding hydrogens is 530 g/mol. The van der Waals surface area contributed by atoms with E-state index in [-0.39, 0.29) is 29.5 Å². The van der Waals surface area contributed by atoms with Crippen LogP contribution in [0.3, 0.4) is 0 Å². The van der Waals surface area contributed by atoms with Crippen LogP contribution in [0.15, 0.2) is 30.6 Å². The van der Waals surface area contributed by atoms with E-state index in [9.17, 15) is 13.2 Å². The van der Waals surface area contributed by atoms with E-state index in [2.05, 4.69) is 15.3 Å². The van der Waals surface area contributed by atoms with Crippen molar-refractivity contribution >= 4 is 38.2 Å². The smallest absolute Gasteiger partial charge is 0.340 e. The highest BCUT2D eigenvalue weighted by Crippen LogP contribution is 2.38. The number of hydrogen-bond donors (Lipinski definition) is 2. The Balaban J connectivity index is 1.69. The summed E-state index contributed by atoms with van der Waals surface area (Å²) < 4.78 is 35.6. The van der Waals surface area contributed by atoms with Crippen molar-refractivity contribution in [2.75, 3.05) is 16.8 Å². The number of ether oxygens (including phenoxy) is 2. The monoisotopic (exact) mass is 569 g/mol. The Hall–Kier alpha value is -3.31. The van der Waals surface area contributed by atoms with Crippen LogP contribution in [0.1, 0.15) is 88.8 Å². The van der Waals surface area contributed by atoms with Crippen LogP contribution in [0.25, 0.3) is 10.8 Å². The molecule has 0 radical (unpaired) electrons. The van der Waals surface area contributed by atoms with Gasteiger partial charge in [-0.05, 0) is 69.7 Å². The maximum atomic E-state index is 12.5. The average Bonchev–Trinajstić information content (AvgIpc) is 2.90. The molecule has 0 fully saturated rings. The number of pyridine rings is 3. The molecule has 3 aromatic rings. The van der Waals surface area contributed by atoms with Crippen molar-refractivity contribution in [1.29, 1.82) is 0 Å². The second kappa shape index (κ2) is 10.9. The molecule has 0 saturated carbocycles. The number of anilines is 2. The predicted molar refractivity (Wildman–Crippen MR) is 156 cm³/mol. The first-order chi connectivity index (χ1) is 18.7. The van der Waals surface area contributed by atoms with E-state index in [0.29, 0.717) is 47.0 Å². The summed E-state index contributed by atoms with van der Waals surface area (Å²) in [6.07, 6.45) is 4.05.